The van der Waals surface area contributed by atoms with Crippen LogP contribution in [0, 0.1) is 0 Å². The number of rotatable bonds is 6. The van der Waals surface area contributed by atoms with E-state index in [0.717, 1.165) is 11.0 Å². The highest BCUT2D eigenvalue weighted by molar-refractivity contribution is 6.33. The minimum Gasteiger partial charge on any atom is -0.454 e. The average Bonchev–Trinajstić information content (AvgIpc) is 3.42. The summed E-state index contributed by atoms with van der Waals surface area (Å²) in [5, 5.41) is 6.08. The van der Waals surface area contributed by atoms with Crippen LogP contribution in [0.5, 0.6) is 11.5 Å². The Hall–Kier alpha value is -4.04. The van der Waals surface area contributed by atoms with Gasteiger partial charge in [0.05, 0.1) is 28.2 Å². The summed E-state index contributed by atoms with van der Waals surface area (Å²) in [5.41, 5.74) is 2.50. The number of fused-ring (bicyclic) bond motifs is 2. The normalized spacial score (nSPS) is 12.0. The van der Waals surface area contributed by atoms with Crippen LogP contribution in [-0.2, 0) is 17.9 Å². The number of imidazole rings is 1. The fourth-order valence-electron chi connectivity index (χ4n) is 3.66. The number of para-hydroxylation sites is 2. The molecule has 0 radical (unpaired) electrons. The third kappa shape index (κ3) is 4.33. The van der Waals surface area contributed by atoms with E-state index in [1.807, 2.05) is 24.3 Å². The molecule has 2 heterocycles. The van der Waals surface area contributed by atoms with Gasteiger partial charge in [-0.1, -0.05) is 35.9 Å². The highest BCUT2D eigenvalue weighted by Gasteiger charge is 2.17. The van der Waals surface area contributed by atoms with Crippen molar-refractivity contribution in [2.45, 2.75) is 13.1 Å². The fraction of sp³-hybridized carbons (Fsp3) is 0.125. The molecule has 166 valence electrons. The number of nitrogens with one attached hydrogen (secondary N) is 2. The van der Waals surface area contributed by atoms with E-state index in [1.54, 1.807) is 47.0 Å². The molecule has 9 heteroatoms. The first-order valence-electron chi connectivity index (χ1n) is 10.2. The minimum atomic E-state index is -0.316. The van der Waals surface area contributed by atoms with Gasteiger partial charge in [-0.15, -0.1) is 0 Å². The van der Waals surface area contributed by atoms with Gasteiger partial charge in [-0.2, -0.15) is 0 Å². The van der Waals surface area contributed by atoms with Crippen molar-refractivity contribution < 1.29 is 19.1 Å². The first-order chi connectivity index (χ1) is 16.1. The van der Waals surface area contributed by atoms with Gasteiger partial charge in [0, 0.05) is 11.8 Å². The molecule has 8 nitrogen and oxygen atoms in total. The van der Waals surface area contributed by atoms with E-state index in [1.165, 1.54) is 0 Å². The summed E-state index contributed by atoms with van der Waals surface area (Å²) in [7, 11) is 0. The second kappa shape index (κ2) is 8.84. The number of carbonyl (C=O) groups is 2. The van der Waals surface area contributed by atoms with Crippen molar-refractivity contribution in [3.8, 4) is 11.5 Å². The predicted octanol–water partition coefficient (Wildman–Crippen LogP) is 3.99. The number of nitrogens with zero attached hydrogens (tertiary/aromatic N) is 2. The van der Waals surface area contributed by atoms with Gasteiger partial charge in [-0.3, -0.25) is 9.59 Å². The van der Waals surface area contributed by atoms with Crippen molar-refractivity contribution in [3.63, 3.8) is 0 Å². The first-order valence-corrected chi connectivity index (χ1v) is 10.6. The zero-order valence-corrected chi connectivity index (χ0v) is 18.1. The summed E-state index contributed by atoms with van der Waals surface area (Å²) in [4.78, 5) is 30.0. The van der Waals surface area contributed by atoms with Crippen molar-refractivity contribution in [3.05, 3.63) is 83.1 Å². The molecule has 0 saturated heterocycles. The Morgan fingerprint density at radius 3 is 2.67 bits per heavy atom. The van der Waals surface area contributed by atoms with Gasteiger partial charge in [0.1, 0.15) is 12.4 Å². The molecule has 4 aromatic rings. The Labute approximate surface area is 194 Å². The van der Waals surface area contributed by atoms with Crippen molar-refractivity contribution in [1.29, 1.82) is 0 Å². The summed E-state index contributed by atoms with van der Waals surface area (Å²) >= 11 is 6.13. The Balaban J connectivity index is 1.35. The lowest BCUT2D eigenvalue weighted by molar-refractivity contribution is -0.116. The number of amides is 2. The van der Waals surface area contributed by atoms with Gasteiger partial charge < -0.3 is 24.7 Å². The van der Waals surface area contributed by atoms with Gasteiger partial charge in [0.25, 0.3) is 5.91 Å². The van der Waals surface area contributed by atoms with E-state index in [4.69, 9.17) is 21.1 Å². The molecular weight excluding hydrogens is 444 g/mol. The molecule has 0 atom stereocenters. The number of ether oxygens (including phenoxy) is 2. The van der Waals surface area contributed by atoms with Crippen LogP contribution in [0.1, 0.15) is 16.2 Å². The van der Waals surface area contributed by atoms with Crippen LogP contribution >= 0.6 is 11.6 Å². The zero-order chi connectivity index (χ0) is 22.8. The second-order valence-corrected chi connectivity index (χ2v) is 7.79. The van der Waals surface area contributed by atoms with Crippen LogP contribution in [0.2, 0.25) is 5.02 Å². The van der Waals surface area contributed by atoms with Crippen LogP contribution in [0.4, 0.5) is 5.69 Å². The minimum absolute atomic E-state index is 0.0201. The molecule has 0 fully saturated rings. The maximum absolute atomic E-state index is 12.8. The molecular formula is C24H19ClN4O4. The van der Waals surface area contributed by atoms with Crippen LogP contribution in [0.3, 0.4) is 0 Å². The number of hydrogen-bond donors (Lipinski definition) is 2. The van der Waals surface area contributed by atoms with Crippen LogP contribution in [0.25, 0.3) is 11.0 Å². The average molecular weight is 463 g/mol. The molecule has 0 saturated carbocycles. The molecule has 2 amide bonds. The summed E-state index contributed by atoms with van der Waals surface area (Å²) in [6, 6.07) is 19.5. The molecule has 0 aliphatic carbocycles. The summed E-state index contributed by atoms with van der Waals surface area (Å²) < 4.78 is 12.4. The lowest BCUT2D eigenvalue weighted by Crippen LogP contribution is -2.26. The Morgan fingerprint density at radius 2 is 1.79 bits per heavy atom. The van der Waals surface area contributed by atoms with Gasteiger partial charge in [-0.05, 0) is 36.4 Å². The first kappa shape index (κ1) is 20.8. The van der Waals surface area contributed by atoms with E-state index in [0.29, 0.717) is 33.6 Å². The molecule has 1 aliphatic heterocycles. The highest BCUT2D eigenvalue weighted by Crippen LogP contribution is 2.34. The van der Waals surface area contributed by atoms with Crippen molar-refractivity contribution in [1.82, 2.24) is 14.9 Å². The molecule has 1 aliphatic rings. The molecule has 5 rings (SSSR count). The monoisotopic (exact) mass is 462 g/mol. The number of benzene rings is 3. The third-order valence-electron chi connectivity index (χ3n) is 5.22. The molecule has 0 bridgehead atoms. The third-order valence-corrected chi connectivity index (χ3v) is 5.55. The summed E-state index contributed by atoms with van der Waals surface area (Å²) in [5.74, 6) is 1.23. The Morgan fingerprint density at radius 1 is 1.00 bits per heavy atom. The van der Waals surface area contributed by atoms with Crippen LogP contribution in [0.15, 0.2) is 66.7 Å². The molecule has 2 N–H and O–H groups in total. The van der Waals surface area contributed by atoms with Crippen molar-refractivity contribution in [2.75, 3.05) is 12.1 Å². The SMILES string of the molecule is O=C(Cn1c(CNC(=O)c2ccccc2Cl)nc2ccccc21)Nc1ccc2c(c1)OCO2. The summed E-state index contributed by atoms with van der Waals surface area (Å²) in [6.07, 6.45) is 0. The van der Waals surface area contributed by atoms with Gasteiger partial charge in [0.2, 0.25) is 12.7 Å². The fourth-order valence-corrected chi connectivity index (χ4v) is 3.88. The maximum atomic E-state index is 12.8. The topological polar surface area (TPSA) is 94.5 Å². The maximum Gasteiger partial charge on any atom is 0.253 e. The van der Waals surface area contributed by atoms with Crippen LogP contribution in [-0.4, -0.2) is 28.2 Å². The molecule has 1 aromatic heterocycles. The number of hydrogen-bond acceptors (Lipinski definition) is 5. The predicted molar refractivity (Wildman–Crippen MR) is 124 cm³/mol. The second-order valence-electron chi connectivity index (χ2n) is 7.38. The largest absolute Gasteiger partial charge is 0.454 e. The van der Waals surface area contributed by atoms with Gasteiger partial charge in [0.15, 0.2) is 11.5 Å². The molecule has 0 unspecified atom stereocenters. The van der Waals surface area contributed by atoms with Crippen LogP contribution < -0.4 is 20.1 Å². The van der Waals surface area contributed by atoms with Gasteiger partial charge in [-0.25, -0.2) is 4.98 Å². The lowest BCUT2D eigenvalue weighted by atomic mass is 10.2. The van der Waals surface area contributed by atoms with E-state index in [-0.39, 0.29) is 31.7 Å². The molecule has 33 heavy (non-hydrogen) atoms. The molecule has 0 spiro atoms. The molecule has 3 aromatic carbocycles. The van der Waals surface area contributed by atoms with E-state index >= 15 is 0 Å². The van der Waals surface area contributed by atoms with Gasteiger partial charge >= 0.3 is 0 Å². The lowest BCUT2D eigenvalue weighted by Gasteiger charge is -2.11. The Kier molecular flexibility index (Phi) is 5.58. The van der Waals surface area contributed by atoms with Crippen molar-refractivity contribution in [2.24, 2.45) is 0 Å². The number of anilines is 1. The van der Waals surface area contributed by atoms with E-state index in [2.05, 4.69) is 15.6 Å². The Bertz CT molecular complexity index is 1370. The standard InChI is InChI=1S/C24H19ClN4O4/c25-17-6-2-1-5-16(17)24(31)26-12-22-28-18-7-3-4-8-19(18)29(22)13-23(30)27-15-9-10-20-21(11-15)33-14-32-20/h1-11H,12-14H2,(H,26,31)(H,27,30). The number of halogens is 1. The zero-order valence-electron chi connectivity index (χ0n) is 17.4. The van der Waals surface area contributed by atoms with E-state index < -0.39 is 0 Å². The number of carbonyl (C=O) groups excluding carboxylic acids is 2. The van der Waals surface area contributed by atoms with Crippen molar-refractivity contribution >= 4 is 40.1 Å². The van der Waals surface area contributed by atoms with E-state index in [9.17, 15) is 9.59 Å². The summed E-state index contributed by atoms with van der Waals surface area (Å²) in [6.45, 7) is 0.319. The smallest absolute Gasteiger partial charge is 0.253 e. The number of aromatic nitrogens is 2. The highest BCUT2D eigenvalue weighted by atomic mass is 35.5. The quantitative estimate of drug-likeness (QED) is 0.452.